The first-order valence-corrected chi connectivity index (χ1v) is 8.54. The van der Waals surface area contributed by atoms with E-state index in [-0.39, 0.29) is 0 Å². The smallest absolute Gasteiger partial charge is 0.205 e. The molecular weight excluding hydrogens is 338 g/mol. The first kappa shape index (κ1) is 15.5. The fourth-order valence-corrected chi connectivity index (χ4v) is 3.19. The van der Waals surface area contributed by atoms with E-state index < -0.39 is 0 Å². The third-order valence-corrected chi connectivity index (χ3v) is 4.55. The third kappa shape index (κ3) is 2.67. The van der Waals surface area contributed by atoms with Crippen molar-refractivity contribution in [3.8, 4) is 5.75 Å². The molecule has 0 amide bonds. The fraction of sp³-hybridized carbons (Fsp3) is 0.0476. The van der Waals surface area contributed by atoms with Gasteiger partial charge in [0.25, 0.3) is 0 Å². The second-order valence-electron chi connectivity index (χ2n) is 6.21. The molecule has 2 aromatic heterocycles. The van der Waals surface area contributed by atoms with Crippen LogP contribution in [0.5, 0.6) is 5.75 Å². The number of rotatable bonds is 3. The van der Waals surface area contributed by atoms with Crippen molar-refractivity contribution in [2.75, 3.05) is 7.11 Å². The molecule has 5 aromatic rings. The fourth-order valence-electron chi connectivity index (χ4n) is 3.19. The van der Waals surface area contributed by atoms with Gasteiger partial charge in [0.15, 0.2) is 0 Å². The molecule has 0 aliphatic heterocycles. The number of hydrogen-bond acceptors (Lipinski definition) is 5. The molecule has 0 fully saturated rings. The minimum atomic E-state index is 0.635. The Balaban J connectivity index is 1.58. The summed E-state index contributed by atoms with van der Waals surface area (Å²) in [7, 11) is 1.68. The van der Waals surface area contributed by atoms with Gasteiger partial charge in [-0.05, 0) is 63.2 Å². The average Bonchev–Trinajstić information content (AvgIpc) is 3.22. The zero-order valence-electron chi connectivity index (χ0n) is 14.6. The standard InChI is InChI=1S/C21H15N5O/c1-27-17-10-9-15-12-14(6-8-16(15)13-17)7-11-19-21-23-24-25-26(21)20-5-3-2-4-18(20)22-19/h2-13H,1H3/b11-7+. The number of nitrogens with zero attached hydrogens (tertiary/aromatic N) is 5. The van der Waals surface area contributed by atoms with Gasteiger partial charge in [-0.25, -0.2) is 4.98 Å². The van der Waals surface area contributed by atoms with Gasteiger partial charge in [0.2, 0.25) is 5.65 Å². The molecule has 0 saturated heterocycles. The van der Waals surface area contributed by atoms with Crippen LogP contribution in [0.1, 0.15) is 11.3 Å². The third-order valence-electron chi connectivity index (χ3n) is 4.55. The Kier molecular flexibility index (Phi) is 3.53. The average molecular weight is 353 g/mol. The number of aromatic nitrogens is 5. The van der Waals surface area contributed by atoms with Crippen LogP contribution in [0.2, 0.25) is 0 Å². The molecule has 0 aliphatic rings. The van der Waals surface area contributed by atoms with E-state index >= 15 is 0 Å². The quantitative estimate of drug-likeness (QED) is 0.490. The lowest BCUT2D eigenvalue weighted by molar-refractivity contribution is 0.415. The molecule has 6 heteroatoms. The van der Waals surface area contributed by atoms with Gasteiger partial charge in [-0.3, -0.25) is 0 Å². The molecule has 130 valence electrons. The summed E-state index contributed by atoms with van der Waals surface area (Å²) in [6.07, 6.45) is 3.97. The minimum absolute atomic E-state index is 0.635. The maximum atomic E-state index is 5.28. The summed E-state index contributed by atoms with van der Waals surface area (Å²) in [6.45, 7) is 0. The summed E-state index contributed by atoms with van der Waals surface area (Å²) in [5.74, 6) is 0.854. The molecule has 0 spiro atoms. The predicted molar refractivity (Wildman–Crippen MR) is 106 cm³/mol. The van der Waals surface area contributed by atoms with E-state index in [2.05, 4.69) is 39.8 Å². The lowest BCUT2D eigenvalue weighted by atomic mass is 10.1. The Hall–Kier alpha value is -3.80. The second-order valence-corrected chi connectivity index (χ2v) is 6.21. The van der Waals surface area contributed by atoms with E-state index in [4.69, 9.17) is 9.72 Å². The van der Waals surface area contributed by atoms with Crippen LogP contribution in [0.3, 0.4) is 0 Å². The van der Waals surface area contributed by atoms with Crippen molar-refractivity contribution < 1.29 is 4.74 Å². The first-order valence-electron chi connectivity index (χ1n) is 8.54. The van der Waals surface area contributed by atoms with Crippen LogP contribution in [0.15, 0.2) is 60.7 Å². The van der Waals surface area contributed by atoms with Crippen LogP contribution in [0, 0.1) is 0 Å². The summed E-state index contributed by atoms with van der Waals surface area (Å²) >= 11 is 0. The van der Waals surface area contributed by atoms with Gasteiger partial charge >= 0.3 is 0 Å². The van der Waals surface area contributed by atoms with Crippen LogP contribution in [0.4, 0.5) is 0 Å². The van der Waals surface area contributed by atoms with Gasteiger partial charge < -0.3 is 4.74 Å². The first-order chi connectivity index (χ1) is 13.3. The van der Waals surface area contributed by atoms with Gasteiger partial charge in [0, 0.05) is 0 Å². The van der Waals surface area contributed by atoms with Crippen molar-refractivity contribution in [3.05, 3.63) is 71.9 Å². The maximum absolute atomic E-state index is 5.28. The topological polar surface area (TPSA) is 65.2 Å². The molecular formula is C21H15N5O. The molecule has 0 bridgehead atoms. The Morgan fingerprint density at radius 1 is 0.926 bits per heavy atom. The van der Waals surface area contributed by atoms with Gasteiger partial charge in [-0.15, -0.1) is 5.10 Å². The molecule has 0 radical (unpaired) electrons. The molecule has 27 heavy (non-hydrogen) atoms. The second kappa shape index (κ2) is 6.17. The summed E-state index contributed by atoms with van der Waals surface area (Å²) in [6, 6.07) is 20.1. The van der Waals surface area contributed by atoms with Crippen LogP contribution in [-0.2, 0) is 0 Å². The van der Waals surface area contributed by atoms with Gasteiger partial charge in [-0.2, -0.15) is 4.52 Å². The molecule has 0 atom stereocenters. The van der Waals surface area contributed by atoms with Crippen molar-refractivity contribution in [3.63, 3.8) is 0 Å². The highest BCUT2D eigenvalue weighted by molar-refractivity contribution is 5.88. The summed E-state index contributed by atoms with van der Waals surface area (Å²) in [5, 5.41) is 14.3. The molecule has 0 aliphatic carbocycles. The molecule has 2 heterocycles. The van der Waals surface area contributed by atoms with E-state index in [1.54, 1.807) is 11.6 Å². The minimum Gasteiger partial charge on any atom is -0.497 e. The summed E-state index contributed by atoms with van der Waals surface area (Å²) in [5.41, 5.74) is 4.18. The summed E-state index contributed by atoms with van der Waals surface area (Å²) < 4.78 is 7.00. The van der Waals surface area contributed by atoms with Crippen LogP contribution < -0.4 is 4.74 Å². The van der Waals surface area contributed by atoms with Gasteiger partial charge in [-0.1, -0.05) is 36.4 Å². The Morgan fingerprint density at radius 3 is 2.70 bits per heavy atom. The van der Waals surface area contributed by atoms with Crippen molar-refractivity contribution in [2.45, 2.75) is 0 Å². The molecule has 6 nitrogen and oxygen atoms in total. The van der Waals surface area contributed by atoms with Crippen LogP contribution >= 0.6 is 0 Å². The Morgan fingerprint density at radius 2 is 1.78 bits per heavy atom. The van der Waals surface area contributed by atoms with E-state index in [1.165, 1.54) is 0 Å². The number of benzene rings is 3. The van der Waals surface area contributed by atoms with Crippen molar-refractivity contribution in [1.29, 1.82) is 0 Å². The normalized spacial score (nSPS) is 11.7. The van der Waals surface area contributed by atoms with Crippen molar-refractivity contribution >= 4 is 39.6 Å². The Labute approximate surface area is 154 Å². The number of para-hydroxylation sites is 2. The number of methoxy groups -OCH3 is 1. The molecule has 0 saturated carbocycles. The highest BCUT2D eigenvalue weighted by Gasteiger charge is 2.09. The van der Waals surface area contributed by atoms with Crippen LogP contribution in [-0.4, -0.2) is 32.1 Å². The summed E-state index contributed by atoms with van der Waals surface area (Å²) in [4.78, 5) is 4.71. The highest BCUT2D eigenvalue weighted by Crippen LogP contribution is 2.23. The van der Waals surface area contributed by atoms with Crippen molar-refractivity contribution in [1.82, 2.24) is 25.0 Å². The van der Waals surface area contributed by atoms with E-state index in [9.17, 15) is 0 Å². The van der Waals surface area contributed by atoms with E-state index in [0.717, 1.165) is 38.8 Å². The zero-order valence-corrected chi connectivity index (χ0v) is 14.6. The zero-order chi connectivity index (χ0) is 18.2. The van der Waals surface area contributed by atoms with Crippen molar-refractivity contribution in [2.24, 2.45) is 0 Å². The Bertz CT molecular complexity index is 1320. The SMILES string of the molecule is COc1ccc2cc(/C=C/c3nc4ccccc4n4nnnc34)ccc2c1. The monoisotopic (exact) mass is 353 g/mol. The predicted octanol–water partition coefficient (Wildman–Crippen LogP) is 4.00. The number of tetrazole rings is 1. The molecule has 3 aromatic carbocycles. The number of fused-ring (bicyclic) bond motifs is 4. The lowest BCUT2D eigenvalue weighted by Crippen LogP contribution is -1.96. The molecule has 0 N–H and O–H groups in total. The maximum Gasteiger partial charge on any atom is 0.205 e. The van der Waals surface area contributed by atoms with E-state index in [1.807, 2.05) is 48.6 Å². The largest absolute Gasteiger partial charge is 0.497 e. The van der Waals surface area contributed by atoms with Gasteiger partial charge in [0.05, 0.1) is 18.1 Å². The van der Waals surface area contributed by atoms with Gasteiger partial charge in [0.1, 0.15) is 11.4 Å². The highest BCUT2D eigenvalue weighted by atomic mass is 16.5. The van der Waals surface area contributed by atoms with Crippen LogP contribution in [0.25, 0.3) is 39.6 Å². The number of hydrogen-bond donors (Lipinski definition) is 0. The van der Waals surface area contributed by atoms with E-state index in [0.29, 0.717) is 5.65 Å². The lowest BCUT2D eigenvalue weighted by Gasteiger charge is -2.04. The number of ether oxygens (including phenoxy) is 1. The molecule has 0 unspecified atom stereocenters. The molecule has 5 rings (SSSR count).